The molecule has 6 heteroatoms. The van der Waals surface area contributed by atoms with Crippen LogP contribution in [0.5, 0.6) is 5.75 Å². The van der Waals surface area contributed by atoms with Crippen LogP contribution in [-0.4, -0.2) is 25.7 Å². The van der Waals surface area contributed by atoms with Crippen molar-refractivity contribution < 1.29 is 20.8 Å². The summed E-state index contributed by atoms with van der Waals surface area (Å²) in [4.78, 5) is 2.29. The van der Waals surface area contributed by atoms with Crippen LogP contribution in [0.1, 0.15) is 66.5 Å². The van der Waals surface area contributed by atoms with Crippen molar-refractivity contribution in [2.24, 2.45) is 5.92 Å². The Balaban J connectivity index is 0.00000450. The van der Waals surface area contributed by atoms with Crippen LogP contribution in [0, 0.1) is 5.92 Å². The van der Waals surface area contributed by atoms with Gasteiger partial charge in [0.25, 0.3) is 0 Å². The second kappa shape index (κ2) is 11.3. The van der Waals surface area contributed by atoms with E-state index in [9.17, 15) is 0 Å². The van der Waals surface area contributed by atoms with Gasteiger partial charge in [-0.05, 0) is 0 Å². The van der Waals surface area contributed by atoms with E-state index in [1.54, 1.807) is 3.88 Å². The summed E-state index contributed by atoms with van der Waals surface area (Å²) < 4.78 is 8.67. The zero-order chi connectivity index (χ0) is 22.3. The van der Waals surface area contributed by atoms with Crippen LogP contribution < -0.4 is 3.32 Å². The summed E-state index contributed by atoms with van der Waals surface area (Å²) in [6.45, 7) is 22.5. The molecule has 0 aliphatic heterocycles. The maximum Gasteiger partial charge on any atom is -0.147 e. The monoisotopic (exact) mass is 520 g/mol. The Kier molecular flexibility index (Phi) is 11.2. The van der Waals surface area contributed by atoms with E-state index in [2.05, 4.69) is 112 Å². The first-order valence-electron chi connectivity index (χ1n) is 10.9. The number of halogens is 2. The Labute approximate surface area is 211 Å². The Morgan fingerprint density at radius 3 is 1.71 bits per heavy atom. The quantitative estimate of drug-likeness (QED) is 0.375. The van der Waals surface area contributed by atoms with Crippen LogP contribution in [0.4, 0.5) is 0 Å². The van der Waals surface area contributed by atoms with E-state index in [0.717, 1.165) is 5.75 Å². The minimum Gasteiger partial charge on any atom is -0.147 e. The topological polar surface area (TPSA) is 12.5 Å². The Hall–Kier alpha value is -0.189. The average Bonchev–Trinajstić information content (AvgIpc) is 2.86. The Morgan fingerprint density at radius 1 is 0.903 bits per heavy atom. The van der Waals surface area contributed by atoms with E-state index >= 15 is 0 Å². The number of hydrogen-bond donors (Lipinski definition) is 0. The predicted octanol–water partition coefficient (Wildman–Crippen LogP) is 7.39. The smallest absolute Gasteiger partial charge is 0.147 e. The number of allylic oxidation sites excluding steroid dienone is 3. The number of rotatable bonds is 5. The van der Waals surface area contributed by atoms with Crippen molar-refractivity contribution in [1.29, 1.82) is 0 Å². The molecule has 1 aromatic carbocycles. The number of hydrogen-bond acceptors (Lipinski definition) is 2. The van der Waals surface area contributed by atoms with Gasteiger partial charge in [0.05, 0.1) is 0 Å². The van der Waals surface area contributed by atoms with Gasteiger partial charge in [-0.1, -0.05) is 0 Å². The van der Waals surface area contributed by atoms with Gasteiger partial charge in [-0.2, -0.15) is 0 Å². The van der Waals surface area contributed by atoms with Gasteiger partial charge in [-0.15, -0.1) is 24.8 Å². The fourth-order valence-corrected chi connectivity index (χ4v) is 13.4. The minimum atomic E-state index is -1.86. The molecule has 0 fully saturated rings. The Bertz CT molecular complexity index is 788. The summed E-state index contributed by atoms with van der Waals surface area (Å²) in [6.07, 6.45) is 2.39. The molecule has 0 saturated carbocycles. The van der Waals surface area contributed by atoms with Crippen LogP contribution >= 0.6 is 24.8 Å². The predicted molar refractivity (Wildman–Crippen MR) is 141 cm³/mol. The third-order valence-corrected chi connectivity index (χ3v) is 16.2. The molecule has 0 amide bonds. The molecule has 0 spiro atoms. The normalized spacial score (nSPS) is 16.5. The van der Waals surface area contributed by atoms with Crippen molar-refractivity contribution in [2.45, 2.75) is 79.3 Å². The molecular formula is C25H44Cl2NOSiTi. The molecule has 31 heavy (non-hydrogen) atoms. The van der Waals surface area contributed by atoms with Gasteiger partial charge in [0, 0.05) is 0 Å². The first kappa shape index (κ1) is 30.8. The third-order valence-electron chi connectivity index (χ3n) is 5.89. The van der Waals surface area contributed by atoms with Crippen molar-refractivity contribution in [2.75, 3.05) is 14.1 Å². The molecule has 1 unspecified atom stereocenters. The van der Waals surface area contributed by atoms with Gasteiger partial charge < -0.3 is 0 Å². The van der Waals surface area contributed by atoms with Crippen LogP contribution in [-0.2, 0) is 28.3 Å². The van der Waals surface area contributed by atoms with E-state index in [0.29, 0.717) is 5.92 Å². The second-order valence-corrected chi connectivity index (χ2v) is 23.3. The largest absolute Gasteiger partial charge is 0.147 e. The second-order valence-electron chi connectivity index (χ2n) is 11.2. The first-order valence-corrected chi connectivity index (χ1v) is 17.9. The average molecular weight is 521 g/mol. The van der Waals surface area contributed by atoms with Gasteiger partial charge in [0.2, 0.25) is 0 Å². The summed E-state index contributed by atoms with van der Waals surface area (Å²) in [7, 11) is 4.35. The van der Waals surface area contributed by atoms with Gasteiger partial charge in [0.15, 0.2) is 0 Å². The third kappa shape index (κ3) is 7.40. The molecule has 177 valence electrons. The van der Waals surface area contributed by atoms with Crippen molar-refractivity contribution in [3.63, 3.8) is 0 Å². The van der Waals surface area contributed by atoms with Crippen LogP contribution in [0.25, 0.3) is 0 Å². The van der Waals surface area contributed by atoms with Crippen LogP contribution in [0.3, 0.4) is 0 Å². The van der Waals surface area contributed by atoms with E-state index < -0.39 is 24.2 Å². The standard InChI is InChI=1S/C14H22O.C9H14N.C2H7Si.2ClH.Ti/c1-13(2,3)10-7-11(14(4,5)6)9-12(15)8-10;1-7-5-9(10(3)4)6-8(7)2;1-3-2;;;/h7-9,15H,1-6H3;5,8H,1-4H3;3H,1-2H3;2*1H;/q;;;;;+1/p-1. The van der Waals surface area contributed by atoms with Crippen molar-refractivity contribution >= 4 is 31.5 Å². The van der Waals surface area contributed by atoms with Crippen LogP contribution in [0.15, 0.2) is 39.4 Å². The molecule has 0 radical (unpaired) electrons. The maximum atomic E-state index is 7.04. The maximum absolute atomic E-state index is 7.04. The molecule has 0 saturated heterocycles. The van der Waals surface area contributed by atoms with Gasteiger partial charge in [0.1, 0.15) is 0 Å². The van der Waals surface area contributed by atoms with E-state index in [1.807, 2.05) is 0 Å². The van der Waals surface area contributed by atoms with Crippen molar-refractivity contribution in [3.05, 3.63) is 50.5 Å². The molecule has 2 nitrogen and oxygen atoms in total. The summed E-state index contributed by atoms with van der Waals surface area (Å²) >= 11 is -1.86. The minimum absolute atomic E-state index is 0. The molecular weight excluding hydrogens is 477 g/mol. The zero-order valence-electron chi connectivity index (χ0n) is 21.6. The molecule has 1 aliphatic rings. The fourth-order valence-electron chi connectivity index (χ4n) is 3.71. The first-order chi connectivity index (χ1) is 13.1. The van der Waals surface area contributed by atoms with Crippen molar-refractivity contribution in [3.8, 4) is 5.75 Å². The molecule has 0 N–H and O–H groups in total. The Morgan fingerprint density at radius 2 is 1.35 bits per heavy atom. The summed E-state index contributed by atoms with van der Waals surface area (Å²) in [6, 6.07) is 7.01. The number of benzene rings is 1. The van der Waals surface area contributed by atoms with E-state index in [1.165, 1.54) is 22.4 Å². The molecule has 0 aromatic heterocycles. The van der Waals surface area contributed by atoms with E-state index in [-0.39, 0.29) is 35.6 Å². The van der Waals surface area contributed by atoms with E-state index in [4.69, 9.17) is 3.32 Å². The van der Waals surface area contributed by atoms with Gasteiger partial charge in [-0.25, -0.2) is 0 Å². The summed E-state index contributed by atoms with van der Waals surface area (Å²) in [5.41, 5.74) is 5.86. The number of likely N-dealkylation sites (N-methyl/N-ethyl adjacent to an activating group) is 1. The molecule has 1 aromatic rings. The molecule has 1 aliphatic carbocycles. The summed E-state index contributed by atoms with van der Waals surface area (Å²) in [5, 5.41) is 0. The SMILES string of the molecule is CC1=CC(N(C)C)=[C]([Ti]([O]c2cc(C(C)(C)C)cc(C(C)(C)C)c2)[SiH](C)C)C1C.Cl.Cl. The number of nitrogens with zero attached hydrogens (tertiary/aromatic N) is 1. The van der Waals surface area contributed by atoms with Gasteiger partial charge >= 0.3 is 188 Å². The molecule has 2 rings (SSSR count). The van der Waals surface area contributed by atoms with Crippen molar-refractivity contribution in [1.82, 2.24) is 4.90 Å². The molecule has 0 heterocycles. The zero-order valence-corrected chi connectivity index (χ0v) is 26.0. The van der Waals surface area contributed by atoms with Gasteiger partial charge in [-0.3, -0.25) is 0 Å². The molecule has 1 atom stereocenters. The molecule has 0 bridgehead atoms. The summed E-state index contributed by atoms with van der Waals surface area (Å²) in [5.74, 6) is 1.62. The fraction of sp³-hybridized carbons (Fsp3) is 0.600. The van der Waals surface area contributed by atoms with Crippen LogP contribution in [0.2, 0.25) is 13.1 Å².